The van der Waals surface area contributed by atoms with Crippen molar-refractivity contribution in [1.29, 1.82) is 0 Å². The number of halogens is 1. The van der Waals surface area contributed by atoms with Gasteiger partial charge in [0.15, 0.2) is 0 Å². The summed E-state index contributed by atoms with van der Waals surface area (Å²) in [7, 11) is 0. The molecule has 1 amide bonds. The van der Waals surface area contributed by atoms with Gasteiger partial charge in [0.25, 0.3) is 0 Å². The highest BCUT2D eigenvalue weighted by Gasteiger charge is 2.05. The second-order valence-corrected chi connectivity index (χ2v) is 3.19. The van der Waals surface area contributed by atoms with Gasteiger partial charge in [0.1, 0.15) is 0 Å². The molecule has 0 saturated heterocycles. The molecule has 0 fully saturated rings. The fourth-order valence-corrected chi connectivity index (χ4v) is 1.30. The Morgan fingerprint density at radius 3 is 2.75 bits per heavy atom. The molecule has 0 radical (unpaired) electrons. The van der Waals surface area contributed by atoms with Crippen LogP contribution in [0.3, 0.4) is 0 Å². The van der Waals surface area contributed by atoms with E-state index < -0.39 is 5.91 Å². The van der Waals surface area contributed by atoms with E-state index in [0.29, 0.717) is 15.6 Å². The van der Waals surface area contributed by atoms with Crippen LogP contribution in [-0.2, 0) is 6.61 Å². The molecule has 1 aromatic carbocycles. The van der Waals surface area contributed by atoms with Gasteiger partial charge in [0, 0.05) is 4.47 Å². The highest BCUT2D eigenvalue weighted by atomic mass is 79.9. The van der Waals surface area contributed by atoms with Gasteiger partial charge in [-0.3, -0.25) is 4.79 Å². The molecule has 1 aromatic rings. The van der Waals surface area contributed by atoms with E-state index in [1.54, 1.807) is 18.2 Å². The summed E-state index contributed by atoms with van der Waals surface area (Å²) in [6.07, 6.45) is 0. The largest absolute Gasteiger partial charge is 0.392 e. The van der Waals surface area contributed by atoms with E-state index in [4.69, 9.17) is 10.8 Å². The Hall–Kier alpha value is -0.870. The summed E-state index contributed by atoms with van der Waals surface area (Å²) in [6.45, 7) is -0.0897. The minimum Gasteiger partial charge on any atom is -0.392 e. The molecule has 64 valence electrons. The first kappa shape index (κ1) is 9.22. The maximum Gasteiger partial charge on any atom is 0.249 e. The van der Waals surface area contributed by atoms with Gasteiger partial charge < -0.3 is 10.8 Å². The fourth-order valence-electron chi connectivity index (χ4n) is 0.860. The highest BCUT2D eigenvalue weighted by Crippen LogP contribution is 2.17. The number of primary amides is 1. The predicted octanol–water partition coefficient (Wildman–Crippen LogP) is 1.04. The van der Waals surface area contributed by atoms with E-state index in [0.717, 1.165) is 0 Å². The van der Waals surface area contributed by atoms with Crippen molar-refractivity contribution in [3.63, 3.8) is 0 Å². The van der Waals surface area contributed by atoms with Crippen molar-refractivity contribution in [3.05, 3.63) is 33.8 Å². The molecule has 0 bridgehead atoms. The molecule has 3 N–H and O–H groups in total. The van der Waals surface area contributed by atoms with Crippen LogP contribution >= 0.6 is 15.9 Å². The third-order valence-electron chi connectivity index (χ3n) is 1.48. The summed E-state index contributed by atoms with van der Waals surface area (Å²) in [4.78, 5) is 10.8. The van der Waals surface area contributed by atoms with Crippen molar-refractivity contribution in [2.75, 3.05) is 0 Å². The Kier molecular flexibility index (Phi) is 2.83. The Morgan fingerprint density at radius 1 is 1.58 bits per heavy atom. The summed E-state index contributed by atoms with van der Waals surface area (Å²) in [6, 6.07) is 4.97. The average molecular weight is 230 g/mol. The number of benzene rings is 1. The van der Waals surface area contributed by atoms with E-state index >= 15 is 0 Å². The van der Waals surface area contributed by atoms with Crippen molar-refractivity contribution in [2.24, 2.45) is 5.73 Å². The number of hydrogen-bond acceptors (Lipinski definition) is 2. The van der Waals surface area contributed by atoms with Gasteiger partial charge in [0.2, 0.25) is 5.91 Å². The van der Waals surface area contributed by atoms with E-state index in [-0.39, 0.29) is 6.61 Å². The van der Waals surface area contributed by atoms with Gasteiger partial charge in [-0.25, -0.2) is 0 Å². The molecule has 0 aliphatic carbocycles. The van der Waals surface area contributed by atoms with Crippen LogP contribution in [0, 0.1) is 0 Å². The second-order valence-electron chi connectivity index (χ2n) is 2.34. The molecule has 0 aliphatic heterocycles. The predicted molar refractivity (Wildman–Crippen MR) is 48.6 cm³/mol. The summed E-state index contributed by atoms with van der Waals surface area (Å²) in [5.74, 6) is -0.503. The number of carbonyl (C=O) groups excluding carboxylic acids is 1. The van der Waals surface area contributed by atoms with Crippen LogP contribution in [0.5, 0.6) is 0 Å². The van der Waals surface area contributed by atoms with Gasteiger partial charge >= 0.3 is 0 Å². The summed E-state index contributed by atoms with van der Waals surface area (Å²) < 4.78 is 0.646. The third-order valence-corrected chi connectivity index (χ3v) is 2.17. The van der Waals surface area contributed by atoms with E-state index in [9.17, 15) is 4.79 Å². The molecule has 0 aromatic heterocycles. The molecule has 0 atom stereocenters. The lowest BCUT2D eigenvalue weighted by atomic mass is 10.1. The average Bonchev–Trinajstić information content (AvgIpc) is 2.05. The number of nitrogens with two attached hydrogens (primary N) is 1. The van der Waals surface area contributed by atoms with Gasteiger partial charge in [-0.15, -0.1) is 0 Å². The number of carbonyl (C=O) groups is 1. The zero-order valence-corrected chi connectivity index (χ0v) is 7.84. The highest BCUT2D eigenvalue weighted by molar-refractivity contribution is 9.10. The quantitative estimate of drug-likeness (QED) is 0.797. The van der Waals surface area contributed by atoms with Crippen LogP contribution in [0.4, 0.5) is 0 Å². The van der Waals surface area contributed by atoms with Crippen molar-refractivity contribution >= 4 is 21.8 Å². The molecule has 0 saturated carbocycles. The Labute approximate surface area is 78.3 Å². The summed E-state index contributed by atoms with van der Waals surface area (Å²) in [5.41, 5.74) is 6.15. The maximum absolute atomic E-state index is 10.8. The lowest BCUT2D eigenvalue weighted by Gasteiger charge is -2.01. The van der Waals surface area contributed by atoms with E-state index in [1.807, 2.05) is 0 Å². The van der Waals surface area contributed by atoms with Crippen LogP contribution in [0.1, 0.15) is 15.9 Å². The van der Waals surface area contributed by atoms with Gasteiger partial charge in [-0.05, 0) is 33.6 Å². The molecule has 0 aliphatic rings. The van der Waals surface area contributed by atoms with E-state index in [1.165, 1.54) is 0 Å². The lowest BCUT2D eigenvalue weighted by molar-refractivity contribution is 0.0999. The van der Waals surface area contributed by atoms with Gasteiger partial charge in [-0.2, -0.15) is 0 Å². The van der Waals surface area contributed by atoms with Crippen LogP contribution in [0.2, 0.25) is 0 Å². The third kappa shape index (κ3) is 1.84. The van der Waals surface area contributed by atoms with E-state index in [2.05, 4.69) is 15.9 Å². The van der Waals surface area contributed by atoms with Crippen LogP contribution < -0.4 is 5.73 Å². The zero-order valence-electron chi connectivity index (χ0n) is 6.25. The molecule has 0 spiro atoms. The molecule has 4 heteroatoms. The van der Waals surface area contributed by atoms with Crippen molar-refractivity contribution in [1.82, 2.24) is 0 Å². The lowest BCUT2D eigenvalue weighted by Crippen LogP contribution is -2.12. The molecule has 12 heavy (non-hydrogen) atoms. The maximum atomic E-state index is 10.8. The molecule has 0 heterocycles. The normalized spacial score (nSPS) is 9.83. The van der Waals surface area contributed by atoms with Crippen molar-refractivity contribution < 1.29 is 9.90 Å². The Balaban J connectivity index is 3.17. The minimum absolute atomic E-state index is 0.0897. The summed E-state index contributed by atoms with van der Waals surface area (Å²) >= 11 is 3.18. The first-order chi connectivity index (χ1) is 5.65. The van der Waals surface area contributed by atoms with Crippen LogP contribution in [0.15, 0.2) is 22.7 Å². The smallest absolute Gasteiger partial charge is 0.249 e. The number of hydrogen-bond donors (Lipinski definition) is 2. The molecule has 1 rings (SSSR count). The fraction of sp³-hybridized carbons (Fsp3) is 0.125. The number of rotatable bonds is 2. The SMILES string of the molecule is NC(=O)c1cc(CO)ccc1Br. The van der Waals surface area contributed by atoms with Crippen molar-refractivity contribution in [3.8, 4) is 0 Å². The van der Waals surface area contributed by atoms with Gasteiger partial charge in [-0.1, -0.05) is 6.07 Å². The molecule has 3 nitrogen and oxygen atoms in total. The van der Waals surface area contributed by atoms with Gasteiger partial charge in [0.05, 0.1) is 12.2 Å². The Bertz CT molecular complexity index is 312. The van der Waals surface area contributed by atoms with Crippen LogP contribution in [0.25, 0.3) is 0 Å². The molecular formula is C8H8BrNO2. The molecular weight excluding hydrogens is 222 g/mol. The minimum atomic E-state index is -0.503. The monoisotopic (exact) mass is 229 g/mol. The first-order valence-corrected chi connectivity index (χ1v) is 4.13. The zero-order chi connectivity index (χ0) is 9.14. The Morgan fingerprint density at radius 2 is 2.25 bits per heavy atom. The molecule has 0 unspecified atom stereocenters. The number of aliphatic hydroxyl groups excluding tert-OH is 1. The standard InChI is InChI=1S/C8H8BrNO2/c9-7-2-1-5(4-11)3-6(7)8(10)12/h1-3,11H,4H2,(H2,10,12). The number of aliphatic hydroxyl groups is 1. The topological polar surface area (TPSA) is 63.3 Å². The number of amides is 1. The van der Waals surface area contributed by atoms with Crippen LogP contribution in [-0.4, -0.2) is 11.0 Å². The first-order valence-electron chi connectivity index (χ1n) is 3.34. The van der Waals surface area contributed by atoms with Crippen molar-refractivity contribution in [2.45, 2.75) is 6.61 Å². The summed E-state index contributed by atoms with van der Waals surface area (Å²) in [5, 5.41) is 8.77. The second kappa shape index (κ2) is 3.69.